The lowest BCUT2D eigenvalue weighted by Crippen LogP contribution is -2.47. The minimum atomic E-state index is -4.24. The Kier molecular flexibility index (Phi) is 9.91. The number of hydrogen-bond donors (Lipinski definition) is 4. The summed E-state index contributed by atoms with van der Waals surface area (Å²) in [7, 11) is -4.24. The molecule has 144 valence electrons. The summed E-state index contributed by atoms with van der Waals surface area (Å²) in [4.78, 5) is 18.2. The Balaban J connectivity index is 2.39. The van der Waals surface area contributed by atoms with E-state index in [9.17, 15) is 9.67 Å². The predicted octanol–water partition coefficient (Wildman–Crippen LogP) is 3.39. The van der Waals surface area contributed by atoms with Crippen molar-refractivity contribution in [2.24, 2.45) is 5.73 Å². The maximum absolute atomic E-state index is 11.1. The summed E-state index contributed by atoms with van der Waals surface area (Å²) in [6, 6.07) is 8.31. The van der Waals surface area contributed by atoms with Crippen LogP contribution >= 0.6 is 7.60 Å². The highest BCUT2D eigenvalue weighted by atomic mass is 31.2. The summed E-state index contributed by atoms with van der Waals surface area (Å²) in [5, 5.41) is 9.38. The normalized spacial score (nSPS) is 14.4. The van der Waals surface area contributed by atoms with E-state index in [0.717, 1.165) is 12.0 Å². The van der Waals surface area contributed by atoms with Gasteiger partial charge in [-0.3, -0.25) is 4.57 Å². The smallest absolute Gasteiger partial charge is 0.327 e. The largest absolute Gasteiger partial charge is 0.394 e. The summed E-state index contributed by atoms with van der Waals surface area (Å²) in [5.74, 6) is 0. The van der Waals surface area contributed by atoms with Crippen molar-refractivity contribution in [3.63, 3.8) is 0 Å². The molecule has 0 aliphatic rings. The number of nitrogens with two attached hydrogens (primary N) is 1. The average Bonchev–Trinajstić information content (AvgIpc) is 2.56. The Hall–Kier alpha value is -0.710. The molecule has 0 fully saturated rings. The van der Waals surface area contributed by atoms with Crippen LogP contribution in [0.1, 0.15) is 63.0 Å². The van der Waals surface area contributed by atoms with Crippen LogP contribution in [-0.4, -0.2) is 33.2 Å². The average molecular weight is 371 g/mol. The molecule has 5 nitrogen and oxygen atoms in total. The van der Waals surface area contributed by atoms with Crippen LogP contribution in [0.15, 0.2) is 24.3 Å². The van der Waals surface area contributed by atoms with Gasteiger partial charge in [0.25, 0.3) is 0 Å². The van der Waals surface area contributed by atoms with Crippen molar-refractivity contribution in [2.75, 3.05) is 12.8 Å². The van der Waals surface area contributed by atoms with E-state index < -0.39 is 25.9 Å². The highest BCUT2D eigenvalue weighted by molar-refractivity contribution is 7.51. The molecule has 0 aliphatic heterocycles. The van der Waals surface area contributed by atoms with E-state index >= 15 is 0 Å². The highest BCUT2D eigenvalue weighted by Gasteiger charge is 2.32. The van der Waals surface area contributed by atoms with Crippen molar-refractivity contribution in [3.05, 3.63) is 35.4 Å². The van der Waals surface area contributed by atoms with Crippen LogP contribution in [-0.2, 0) is 17.4 Å². The van der Waals surface area contributed by atoms with Gasteiger partial charge in [-0.15, -0.1) is 0 Å². The molecule has 0 saturated carbocycles. The maximum atomic E-state index is 11.1. The third kappa shape index (κ3) is 10.1. The SMILES string of the molecule is CCCCCCCCc1ccc(CC[C@](N)(CO)CP(=O)(O)O)cc1. The fraction of sp³-hybridized carbons (Fsp3) is 0.684. The van der Waals surface area contributed by atoms with Crippen molar-refractivity contribution < 1.29 is 19.5 Å². The van der Waals surface area contributed by atoms with Gasteiger partial charge in [0.05, 0.1) is 18.3 Å². The first-order valence-corrected chi connectivity index (χ1v) is 11.1. The summed E-state index contributed by atoms with van der Waals surface area (Å²) < 4.78 is 11.1. The molecule has 6 heteroatoms. The van der Waals surface area contributed by atoms with Crippen LogP contribution in [0.5, 0.6) is 0 Å². The maximum Gasteiger partial charge on any atom is 0.327 e. The third-order valence-corrected chi connectivity index (χ3v) is 5.63. The second-order valence-electron chi connectivity index (χ2n) is 7.18. The first-order chi connectivity index (χ1) is 11.8. The molecule has 0 aliphatic carbocycles. The monoisotopic (exact) mass is 371 g/mol. The van der Waals surface area contributed by atoms with Gasteiger partial charge in [-0.2, -0.15) is 0 Å². The van der Waals surface area contributed by atoms with Crippen molar-refractivity contribution >= 4 is 7.60 Å². The number of rotatable bonds is 13. The number of aryl methyl sites for hydroxylation is 2. The molecule has 1 aromatic rings. The van der Waals surface area contributed by atoms with Crippen LogP contribution in [0, 0.1) is 0 Å². The lowest BCUT2D eigenvalue weighted by atomic mass is 9.94. The van der Waals surface area contributed by atoms with Gasteiger partial charge < -0.3 is 20.6 Å². The van der Waals surface area contributed by atoms with Gasteiger partial charge in [-0.1, -0.05) is 63.3 Å². The second kappa shape index (κ2) is 11.1. The molecule has 1 rings (SSSR count). The Morgan fingerprint density at radius 2 is 1.48 bits per heavy atom. The van der Waals surface area contributed by atoms with E-state index in [0.29, 0.717) is 12.8 Å². The van der Waals surface area contributed by atoms with Gasteiger partial charge in [-0.25, -0.2) is 0 Å². The molecule has 0 bridgehead atoms. The van der Waals surface area contributed by atoms with Crippen LogP contribution in [0.3, 0.4) is 0 Å². The Labute approximate surface area is 151 Å². The van der Waals surface area contributed by atoms with Gasteiger partial charge in [0.2, 0.25) is 0 Å². The van der Waals surface area contributed by atoms with Crippen molar-refractivity contribution in [3.8, 4) is 0 Å². The minimum absolute atomic E-state index is 0.339. The Morgan fingerprint density at radius 3 is 2.00 bits per heavy atom. The molecule has 1 aromatic carbocycles. The van der Waals surface area contributed by atoms with E-state index in [4.69, 9.17) is 15.5 Å². The molecule has 25 heavy (non-hydrogen) atoms. The van der Waals surface area contributed by atoms with E-state index in [-0.39, 0.29) is 0 Å². The number of hydrogen-bond acceptors (Lipinski definition) is 3. The van der Waals surface area contributed by atoms with Crippen molar-refractivity contribution in [2.45, 2.75) is 70.3 Å². The number of aliphatic hydroxyl groups excluding tert-OH is 1. The minimum Gasteiger partial charge on any atom is -0.394 e. The predicted molar refractivity (Wildman–Crippen MR) is 103 cm³/mol. The van der Waals surface area contributed by atoms with E-state index in [1.165, 1.54) is 44.1 Å². The second-order valence-corrected chi connectivity index (χ2v) is 8.82. The first kappa shape index (κ1) is 22.3. The topological polar surface area (TPSA) is 104 Å². The zero-order valence-electron chi connectivity index (χ0n) is 15.4. The lowest BCUT2D eigenvalue weighted by Gasteiger charge is -2.27. The summed E-state index contributed by atoms with van der Waals surface area (Å²) >= 11 is 0. The number of benzene rings is 1. The molecular formula is C19H34NO4P. The summed E-state index contributed by atoms with van der Waals surface area (Å²) in [5.41, 5.74) is 7.08. The molecule has 0 spiro atoms. The Morgan fingerprint density at radius 1 is 0.960 bits per heavy atom. The van der Waals surface area contributed by atoms with Gasteiger partial charge >= 0.3 is 7.60 Å². The van der Waals surface area contributed by atoms with Crippen LogP contribution < -0.4 is 5.73 Å². The fourth-order valence-electron chi connectivity index (χ4n) is 2.99. The molecule has 0 aromatic heterocycles. The zero-order valence-corrected chi connectivity index (χ0v) is 16.3. The molecule has 0 heterocycles. The molecule has 0 unspecified atom stereocenters. The van der Waals surface area contributed by atoms with Gasteiger partial charge in [-0.05, 0) is 36.8 Å². The molecule has 1 atom stereocenters. The van der Waals surface area contributed by atoms with Crippen molar-refractivity contribution in [1.29, 1.82) is 0 Å². The molecule has 0 saturated heterocycles. The number of unbranched alkanes of at least 4 members (excludes halogenated alkanes) is 5. The quantitative estimate of drug-likeness (QED) is 0.314. The summed E-state index contributed by atoms with van der Waals surface area (Å²) in [6.45, 7) is 1.79. The van der Waals surface area contributed by atoms with Crippen LogP contribution in [0.4, 0.5) is 0 Å². The number of aliphatic hydroxyl groups is 1. The molecule has 0 amide bonds. The van der Waals surface area contributed by atoms with Crippen LogP contribution in [0.2, 0.25) is 0 Å². The molecule has 0 radical (unpaired) electrons. The Bertz CT molecular complexity index is 529. The third-order valence-electron chi connectivity index (χ3n) is 4.59. The van der Waals surface area contributed by atoms with Gasteiger partial charge in [0.1, 0.15) is 0 Å². The highest BCUT2D eigenvalue weighted by Crippen LogP contribution is 2.38. The van der Waals surface area contributed by atoms with E-state index in [1.807, 2.05) is 12.1 Å². The standard InChI is InChI=1S/C19H34NO4P/c1-2-3-4-5-6-7-8-17-9-11-18(12-10-17)13-14-19(20,15-21)16-25(22,23)24/h9-12,21H,2-8,13-16,20H2,1H3,(H2,22,23,24)/t19-/m0/s1. The molecular weight excluding hydrogens is 337 g/mol. The first-order valence-electron chi connectivity index (χ1n) is 9.30. The summed E-state index contributed by atoms with van der Waals surface area (Å²) in [6.07, 6.45) is 9.25. The van der Waals surface area contributed by atoms with E-state index in [2.05, 4.69) is 19.1 Å². The lowest BCUT2D eigenvalue weighted by molar-refractivity contribution is 0.195. The van der Waals surface area contributed by atoms with Crippen molar-refractivity contribution in [1.82, 2.24) is 0 Å². The molecule has 5 N–H and O–H groups in total. The van der Waals surface area contributed by atoms with Gasteiger partial charge in [0.15, 0.2) is 0 Å². The zero-order chi connectivity index (χ0) is 18.8. The van der Waals surface area contributed by atoms with Gasteiger partial charge in [0, 0.05) is 0 Å². The van der Waals surface area contributed by atoms with Crippen LogP contribution in [0.25, 0.3) is 0 Å². The fourth-order valence-corrected chi connectivity index (χ4v) is 4.07. The van der Waals surface area contributed by atoms with E-state index in [1.54, 1.807) is 0 Å².